The molecule has 3 aromatic rings. The van der Waals surface area contributed by atoms with E-state index in [1.54, 1.807) is 12.1 Å². The zero-order valence-electron chi connectivity index (χ0n) is 17.4. The van der Waals surface area contributed by atoms with Crippen LogP contribution in [-0.2, 0) is 23.3 Å². The Hall–Kier alpha value is -2.06. The van der Waals surface area contributed by atoms with Gasteiger partial charge in [-0.3, -0.25) is 0 Å². The number of hydrogen-bond donors (Lipinski definition) is 1. The number of azo groups is 1. The topological polar surface area (TPSA) is 111 Å². The van der Waals surface area contributed by atoms with Gasteiger partial charge < -0.3 is 13.3 Å². The van der Waals surface area contributed by atoms with Crippen molar-refractivity contribution < 1.29 is 21.7 Å². The summed E-state index contributed by atoms with van der Waals surface area (Å²) < 4.78 is 44.6. The van der Waals surface area contributed by atoms with Crippen LogP contribution in [0.15, 0.2) is 63.7 Å². The van der Waals surface area contributed by atoms with Gasteiger partial charge >= 0.3 is 8.80 Å². The van der Waals surface area contributed by atoms with Gasteiger partial charge in [0, 0.05) is 33.9 Å². The van der Waals surface area contributed by atoms with E-state index < -0.39 is 18.8 Å². The first-order valence-corrected chi connectivity index (χ1v) is 13.7. The highest BCUT2D eigenvalue weighted by atomic mass is 32.2. The predicted octanol–water partition coefficient (Wildman–Crippen LogP) is 4.26. The highest BCUT2D eigenvalue weighted by Gasteiger charge is 2.36. The van der Waals surface area contributed by atoms with E-state index in [1.165, 1.54) is 44.8 Å². The zero-order valence-corrected chi connectivity index (χ0v) is 20.1. The van der Waals surface area contributed by atoms with E-state index in [4.69, 9.17) is 13.3 Å². The fourth-order valence-corrected chi connectivity index (χ4v) is 6.43. The van der Waals surface area contributed by atoms with E-state index in [2.05, 4.69) is 19.9 Å². The van der Waals surface area contributed by atoms with Crippen LogP contribution in [0, 0.1) is 0 Å². The van der Waals surface area contributed by atoms with Crippen LogP contribution < -0.4 is 4.72 Å². The van der Waals surface area contributed by atoms with Crippen molar-refractivity contribution in [3.05, 3.63) is 48.5 Å². The van der Waals surface area contributed by atoms with Gasteiger partial charge in [-0.25, -0.2) is 18.1 Å². The van der Waals surface area contributed by atoms with Gasteiger partial charge in [0.15, 0.2) is 0 Å². The molecular weight excluding hydrogens is 456 g/mol. The van der Waals surface area contributed by atoms with Crippen LogP contribution >= 0.6 is 11.3 Å². The summed E-state index contributed by atoms with van der Waals surface area (Å²) in [6.07, 6.45) is 0.523. The van der Waals surface area contributed by atoms with E-state index in [1.807, 2.05) is 24.3 Å². The predicted molar refractivity (Wildman–Crippen MR) is 122 cm³/mol. The fourth-order valence-electron chi connectivity index (χ4n) is 2.85. The van der Waals surface area contributed by atoms with Gasteiger partial charge in [0.1, 0.15) is 0 Å². The molecule has 166 valence electrons. The number of benzene rings is 2. The van der Waals surface area contributed by atoms with Crippen molar-refractivity contribution >= 4 is 51.2 Å². The van der Waals surface area contributed by atoms with Crippen molar-refractivity contribution in [3.63, 3.8) is 0 Å². The van der Waals surface area contributed by atoms with Crippen molar-refractivity contribution in [1.82, 2.24) is 9.71 Å². The number of nitrogens with one attached hydrogen (secondary N) is 1. The Bertz CT molecular complexity index is 1090. The summed E-state index contributed by atoms with van der Waals surface area (Å²) in [7, 11) is -1.77. The first-order valence-electron chi connectivity index (χ1n) is 9.44. The molecule has 9 nitrogen and oxygen atoms in total. The van der Waals surface area contributed by atoms with Crippen LogP contribution in [0.2, 0.25) is 6.04 Å². The first-order chi connectivity index (χ1) is 14.9. The van der Waals surface area contributed by atoms with Crippen LogP contribution in [-0.4, -0.2) is 50.1 Å². The average molecular weight is 481 g/mol. The fraction of sp³-hybridized carbons (Fsp3) is 0.316. The molecule has 0 aliphatic heterocycles. The Labute approximate surface area is 186 Å². The van der Waals surface area contributed by atoms with Crippen LogP contribution in [0.3, 0.4) is 0 Å². The van der Waals surface area contributed by atoms with Crippen molar-refractivity contribution in [2.45, 2.75) is 17.4 Å². The van der Waals surface area contributed by atoms with Crippen LogP contribution in [0.4, 0.5) is 10.8 Å². The monoisotopic (exact) mass is 480 g/mol. The standard InChI is InChI=1S/C19H24N4O5S2Si/c1-26-31(27-2,28-3)14-6-13-20-30(24,25)16-11-9-15(10-12-16)22-23-19-21-17-7-4-5-8-18(17)29-19/h4-5,7-12,20H,6,13-14H2,1-3H3. The third kappa shape index (κ3) is 6.01. The Balaban J connectivity index is 1.58. The number of nitrogens with zero attached hydrogens (tertiary/aromatic N) is 3. The van der Waals surface area contributed by atoms with Crippen LogP contribution in [0.1, 0.15) is 6.42 Å². The largest absolute Gasteiger partial charge is 0.500 e. The number of fused-ring (bicyclic) bond motifs is 1. The molecule has 2 aromatic carbocycles. The van der Waals surface area contributed by atoms with Gasteiger partial charge in [0.25, 0.3) is 0 Å². The molecular formula is C19H24N4O5S2Si. The lowest BCUT2D eigenvalue weighted by Gasteiger charge is -2.24. The maximum Gasteiger partial charge on any atom is 0.500 e. The molecule has 0 saturated heterocycles. The van der Waals surface area contributed by atoms with Crippen molar-refractivity contribution in [2.75, 3.05) is 27.9 Å². The Morgan fingerprint density at radius 3 is 2.32 bits per heavy atom. The lowest BCUT2D eigenvalue weighted by atomic mass is 10.3. The maximum absolute atomic E-state index is 12.5. The summed E-state index contributed by atoms with van der Waals surface area (Å²) in [6.45, 7) is 0.242. The lowest BCUT2D eigenvalue weighted by Crippen LogP contribution is -2.43. The van der Waals surface area contributed by atoms with Gasteiger partial charge in [0.2, 0.25) is 15.2 Å². The Kier molecular flexibility index (Phi) is 7.99. The molecule has 31 heavy (non-hydrogen) atoms. The molecule has 12 heteroatoms. The van der Waals surface area contributed by atoms with Gasteiger partial charge in [0.05, 0.1) is 20.8 Å². The second-order valence-corrected chi connectivity index (χ2v) is 12.3. The summed E-state index contributed by atoms with van der Waals surface area (Å²) in [5.41, 5.74) is 1.41. The van der Waals surface area contributed by atoms with Crippen molar-refractivity contribution in [3.8, 4) is 0 Å². The normalized spacial score (nSPS) is 12.7. The molecule has 0 unspecified atom stereocenters. The van der Waals surface area contributed by atoms with Gasteiger partial charge in [-0.15, -0.1) is 10.2 Å². The molecule has 0 amide bonds. The summed E-state index contributed by atoms with van der Waals surface area (Å²) in [5, 5.41) is 8.84. The highest BCUT2D eigenvalue weighted by molar-refractivity contribution is 7.89. The number of hydrogen-bond acceptors (Lipinski definition) is 9. The molecule has 1 N–H and O–H groups in total. The smallest absolute Gasteiger partial charge is 0.377 e. The maximum atomic E-state index is 12.5. The first kappa shape index (κ1) is 23.6. The van der Waals surface area contributed by atoms with Gasteiger partial charge in [-0.1, -0.05) is 23.5 Å². The number of rotatable bonds is 11. The average Bonchev–Trinajstić information content (AvgIpc) is 3.22. The number of thiazole rings is 1. The molecule has 0 bridgehead atoms. The molecule has 0 radical (unpaired) electrons. The Morgan fingerprint density at radius 2 is 1.68 bits per heavy atom. The van der Waals surface area contributed by atoms with Gasteiger partial charge in [-0.05, 0) is 42.8 Å². The number of para-hydroxylation sites is 1. The molecule has 0 fully saturated rings. The van der Waals surface area contributed by atoms with E-state index >= 15 is 0 Å². The molecule has 0 saturated carbocycles. The molecule has 0 spiro atoms. The molecule has 1 aromatic heterocycles. The molecule has 1 heterocycles. The minimum Gasteiger partial charge on any atom is -0.377 e. The molecule has 0 atom stereocenters. The van der Waals surface area contributed by atoms with E-state index in [-0.39, 0.29) is 11.4 Å². The Morgan fingerprint density at radius 1 is 1.00 bits per heavy atom. The quantitative estimate of drug-likeness (QED) is 0.249. The second-order valence-electron chi connectivity index (χ2n) is 6.45. The summed E-state index contributed by atoms with van der Waals surface area (Å²) in [5.74, 6) is 0. The third-order valence-corrected chi connectivity index (χ3v) is 9.79. The third-order valence-electron chi connectivity index (χ3n) is 4.57. The van der Waals surface area contributed by atoms with Crippen LogP contribution in [0.5, 0.6) is 0 Å². The SMILES string of the molecule is CO[Si](CCCNS(=O)(=O)c1ccc(N=Nc2nc3ccccc3s2)cc1)(OC)OC. The second kappa shape index (κ2) is 10.5. The molecule has 0 aliphatic rings. The summed E-state index contributed by atoms with van der Waals surface area (Å²) in [6, 6.07) is 14.4. The van der Waals surface area contributed by atoms with E-state index in [9.17, 15) is 8.42 Å². The summed E-state index contributed by atoms with van der Waals surface area (Å²) in [4.78, 5) is 4.54. The summed E-state index contributed by atoms with van der Waals surface area (Å²) >= 11 is 1.44. The van der Waals surface area contributed by atoms with E-state index in [0.717, 1.165) is 10.2 Å². The van der Waals surface area contributed by atoms with Crippen molar-refractivity contribution in [2.24, 2.45) is 10.2 Å². The van der Waals surface area contributed by atoms with Crippen molar-refractivity contribution in [1.29, 1.82) is 0 Å². The minimum absolute atomic E-state index is 0.153. The van der Waals surface area contributed by atoms with Crippen LogP contribution in [0.25, 0.3) is 10.2 Å². The highest BCUT2D eigenvalue weighted by Crippen LogP contribution is 2.29. The minimum atomic E-state index is -3.64. The van der Waals surface area contributed by atoms with E-state index in [0.29, 0.717) is 23.3 Å². The van der Waals surface area contributed by atoms with Gasteiger partial charge in [-0.2, -0.15) is 0 Å². The molecule has 0 aliphatic carbocycles. The molecule has 3 rings (SSSR count). The lowest BCUT2D eigenvalue weighted by molar-refractivity contribution is 0.123. The number of aromatic nitrogens is 1. The zero-order chi connectivity index (χ0) is 22.3. The number of sulfonamides is 1.